The second kappa shape index (κ2) is 10.1. The van der Waals surface area contributed by atoms with E-state index in [1.54, 1.807) is 0 Å². The molecule has 0 aliphatic carbocycles. The summed E-state index contributed by atoms with van der Waals surface area (Å²) in [5, 5.41) is 2.30. The number of rotatable bonds is 4. The molecule has 0 aliphatic heterocycles. The number of aliphatic imine (C=N–C) groups is 2. The third-order valence-electron chi connectivity index (χ3n) is 5.16. The molecule has 164 valence electrons. The summed E-state index contributed by atoms with van der Waals surface area (Å²) in [6, 6.07) is 28.0. The quantitative estimate of drug-likeness (QED) is 0.186. The van der Waals surface area contributed by atoms with Crippen molar-refractivity contribution < 1.29 is 21.1 Å². The molecular formula is C28H26N3Pt-. The number of hydrogen-bond donors (Lipinski definition) is 0. The van der Waals surface area contributed by atoms with E-state index in [-0.39, 0.29) is 26.5 Å². The summed E-state index contributed by atoms with van der Waals surface area (Å²) in [7, 11) is 1.84. The van der Waals surface area contributed by atoms with E-state index in [1.165, 1.54) is 5.39 Å². The first kappa shape index (κ1) is 23.8. The summed E-state index contributed by atoms with van der Waals surface area (Å²) in [6.07, 6.45) is 3.77. The van der Waals surface area contributed by atoms with Crippen LogP contribution in [0, 0.1) is 11.5 Å². The molecule has 1 aromatic heterocycles. The van der Waals surface area contributed by atoms with Crippen LogP contribution in [0.25, 0.3) is 22.0 Å². The van der Waals surface area contributed by atoms with Crippen molar-refractivity contribution in [2.45, 2.75) is 20.8 Å². The fourth-order valence-electron chi connectivity index (χ4n) is 3.73. The maximum Gasteiger partial charge on any atom is 0.0628 e. The molecule has 4 aromatic rings. The first-order chi connectivity index (χ1) is 15.0. The van der Waals surface area contributed by atoms with Gasteiger partial charge >= 0.3 is 0 Å². The molecule has 0 spiro atoms. The van der Waals surface area contributed by atoms with Crippen molar-refractivity contribution in [2.75, 3.05) is 7.05 Å². The molecular weight excluding hydrogens is 573 g/mol. The molecule has 32 heavy (non-hydrogen) atoms. The predicted molar refractivity (Wildman–Crippen MR) is 132 cm³/mol. The van der Waals surface area contributed by atoms with Gasteiger partial charge in [-0.15, -0.1) is 29.8 Å². The summed E-state index contributed by atoms with van der Waals surface area (Å²) in [5.41, 5.74) is 5.71. The van der Waals surface area contributed by atoms with E-state index in [1.807, 2.05) is 68.0 Å². The van der Waals surface area contributed by atoms with Crippen LogP contribution in [0.3, 0.4) is 0 Å². The van der Waals surface area contributed by atoms with E-state index in [4.69, 9.17) is 4.99 Å². The molecule has 0 fully saturated rings. The molecule has 0 N–H and O–H groups in total. The van der Waals surface area contributed by atoms with E-state index >= 15 is 0 Å². The third-order valence-corrected chi connectivity index (χ3v) is 5.16. The van der Waals surface area contributed by atoms with Gasteiger partial charge in [-0.2, -0.15) is 0 Å². The summed E-state index contributed by atoms with van der Waals surface area (Å²) in [5.74, 6) is 0. The van der Waals surface area contributed by atoms with E-state index in [2.05, 4.69) is 61.1 Å². The van der Waals surface area contributed by atoms with E-state index in [0.717, 1.165) is 39.2 Å². The summed E-state index contributed by atoms with van der Waals surface area (Å²) in [6.45, 7) is 6.51. The van der Waals surface area contributed by atoms with E-state index in [0.29, 0.717) is 0 Å². The minimum atomic E-state index is -0.0613. The van der Waals surface area contributed by atoms with Crippen molar-refractivity contribution >= 4 is 28.4 Å². The van der Waals surface area contributed by atoms with Gasteiger partial charge < -0.3 is 0 Å². The van der Waals surface area contributed by atoms with Crippen molar-refractivity contribution in [3.8, 4) is 11.3 Å². The Kier molecular flexibility index (Phi) is 7.53. The molecule has 3 nitrogen and oxygen atoms in total. The number of para-hydroxylation sites is 1. The Bertz CT molecular complexity index is 1280. The zero-order valence-corrected chi connectivity index (χ0v) is 21.0. The van der Waals surface area contributed by atoms with Gasteiger partial charge in [-0.3, -0.25) is 15.0 Å². The summed E-state index contributed by atoms with van der Waals surface area (Å²) < 4.78 is 0. The average molecular weight is 600 g/mol. The first-order valence-corrected chi connectivity index (χ1v) is 10.4. The largest absolute Gasteiger partial charge is 0.294 e. The minimum Gasteiger partial charge on any atom is -0.294 e. The average Bonchev–Trinajstić information content (AvgIpc) is 2.78. The van der Waals surface area contributed by atoms with E-state index in [9.17, 15) is 0 Å². The van der Waals surface area contributed by atoms with Crippen LogP contribution in [0.2, 0.25) is 0 Å². The number of hydrogen-bond acceptors (Lipinski definition) is 3. The molecule has 1 heterocycles. The number of fused-ring (bicyclic) bond motifs is 1. The Balaban J connectivity index is 0.00000289. The van der Waals surface area contributed by atoms with Crippen molar-refractivity contribution in [3.63, 3.8) is 0 Å². The van der Waals surface area contributed by atoms with Gasteiger partial charge in [-0.1, -0.05) is 74.9 Å². The number of nitrogens with zero attached hydrogens (tertiary/aromatic N) is 3. The van der Waals surface area contributed by atoms with Crippen LogP contribution in [0.15, 0.2) is 89.0 Å². The van der Waals surface area contributed by atoms with Crippen molar-refractivity contribution in [2.24, 2.45) is 15.4 Å². The topological polar surface area (TPSA) is 37.6 Å². The van der Waals surface area contributed by atoms with Crippen LogP contribution >= 0.6 is 0 Å². The van der Waals surface area contributed by atoms with Crippen molar-refractivity contribution in [1.82, 2.24) is 4.98 Å². The van der Waals surface area contributed by atoms with Crippen LogP contribution in [-0.4, -0.2) is 24.0 Å². The van der Waals surface area contributed by atoms with Crippen LogP contribution < -0.4 is 0 Å². The zero-order valence-electron chi connectivity index (χ0n) is 18.7. The molecule has 0 atom stereocenters. The number of aromatic nitrogens is 1. The normalized spacial score (nSPS) is 12.2. The van der Waals surface area contributed by atoms with Gasteiger partial charge in [0.2, 0.25) is 0 Å². The monoisotopic (exact) mass is 599 g/mol. The SMILES string of the molecule is CN=C(c1ccccc1N=Cc1[c-]c(-c2cc3ccccc3cn2)ccc1)C(C)(C)C.[Pt]. The molecule has 0 aliphatic rings. The van der Waals surface area contributed by atoms with Gasteiger partial charge in [0.1, 0.15) is 0 Å². The Hall–Kier alpha value is -2.90. The molecule has 0 amide bonds. The Morgan fingerprint density at radius 1 is 0.906 bits per heavy atom. The molecule has 0 saturated carbocycles. The molecule has 0 bridgehead atoms. The molecule has 3 aromatic carbocycles. The fourth-order valence-corrected chi connectivity index (χ4v) is 3.73. The number of pyridine rings is 1. The smallest absolute Gasteiger partial charge is 0.0628 e. The summed E-state index contributed by atoms with van der Waals surface area (Å²) >= 11 is 0. The van der Waals surface area contributed by atoms with Crippen LogP contribution in [0.5, 0.6) is 0 Å². The molecule has 4 heteroatoms. The Morgan fingerprint density at radius 2 is 1.62 bits per heavy atom. The van der Waals surface area contributed by atoms with E-state index < -0.39 is 0 Å². The van der Waals surface area contributed by atoms with Gasteiger partial charge in [0.05, 0.1) is 5.69 Å². The second-order valence-corrected chi connectivity index (χ2v) is 8.53. The van der Waals surface area contributed by atoms with Gasteiger partial charge in [-0.05, 0) is 23.1 Å². The predicted octanol–water partition coefficient (Wildman–Crippen LogP) is 6.92. The van der Waals surface area contributed by atoms with Crippen LogP contribution in [-0.2, 0) is 21.1 Å². The fraction of sp³-hybridized carbons (Fsp3) is 0.179. The maximum atomic E-state index is 4.79. The van der Waals surface area contributed by atoms with Gasteiger partial charge in [0, 0.05) is 56.7 Å². The standard InChI is InChI=1S/C28H26N3.Pt/c1-28(2,3)27(29-4)24-14-7-8-15-25(24)30-18-20-10-9-13-22(16-20)26-17-21-11-5-6-12-23(21)19-31-26;/h5-15,17-19H,1-4H3;/q-1;. The molecule has 4 rings (SSSR count). The van der Waals surface area contributed by atoms with Gasteiger partial charge in [0.25, 0.3) is 0 Å². The third kappa shape index (κ3) is 5.28. The summed E-state index contributed by atoms with van der Waals surface area (Å²) in [4.78, 5) is 14.0. The first-order valence-electron chi connectivity index (χ1n) is 10.4. The van der Waals surface area contributed by atoms with Crippen molar-refractivity contribution in [1.29, 1.82) is 0 Å². The molecule has 0 saturated heterocycles. The molecule has 0 radical (unpaired) electrons. The van der Waals surface area contributed by atoms with Crippen LogP contribution in [0.1, 0.15) is 31.9 Å². The van der Waals surface area contributed by atoms with Crippen molar-refractivity contribution in [3.05, 3.63) is 96.2 Å². The van der Waals surface area contributed by atoms with Gasteiger partial charge in [-0.25, -0.2) is 0 Å². The Morgan fingerprint density at radius 3 is 2.38 bits per heavy atom. The minimum absolute atomic E-state index is 0. The number of benzene rings is 3. The maximum absolute atomic E-state index is 4.79. The zero-order chi connectivity index (χ0) is 21.8. The van der Waals surface area contributed by atoms with Gasteiger partial charge in [0.15, 0.2) is 0 Å². The molecule has 0 unspecified atom stereocenters. The Labute approximate surface area is 204 Å². The van der Waals surface area contributed by atoms with Crippen LogP contribution in [0.4, 0.5) is 5.69 Å². The second-order valence-electron chi connectivity index (χ2n) is 8.53.